The van der Waals surface area contributed by atoms with Gasteiger partial charge in [0.25, 0.3) is 5.91 Å². The van der Waals surface area contributed by atoms with E-state index in [1.165, 1.54) is 22.4 Å². The van der Waals surface area contributed by atoms with E-state index in [1.54, 1.807) is 0 Å². The molecule has 1 fully saturated rings. The van der Waals surface area contributed by atoms with E-state index in [9.17, 15) is 9.59 Å². The topological polar surface area (TPSA) is 49.4 Å². The highest BCUT2D eigenvalue weighted by Crippen LogP contribution is 2.26. The van der Waals surface area contributed by atoms with Crippen LogP contribution in [0.15, 0.2) is 48.5 Å². The highest BCUT2D eigenvalue weighted by Gasteiger charge is 2.38. The molecule has 2 aromatic carbocycles. The molecular weight excluding hydrogens is 312 g/mol. The van der Waals surface area contributed by atoms with Gasteiger partial charge in [-0.3, -0.25) is 14.5 Å². The maximum absolute atomic E-state index is 12.6. The molecule has 1 heterocycles. The molecule has 0 unspecified atom stereocenters. The van der Waals surface area contributed by atoms with Gasteiger partial charge in [-0.05, 0) is 54.5 Å². The molecule has 0 bridgehead atoms. The number of aryl methyl sites for hydroxylation is 2. The van der Waals surface area contributed by atoms with Crippen molar-refractivity contribution in [1.82, 2.24) is 4.90 Å². The number of rotatable bonds is 5. The quantitative estimate of drug-likeness (QED) is 0.855. The minimum Gasteiger partial charge on any atom is -0.373 e. The molecule has 4 nitrogen and oxygen atoms in total. The summed E-state index contributed by atoms with van der Waals surface area (Å²) in [5.41, 5.74) is 4.85. The van der Waals surface area contributed by atoms with Gasteiger partial charge in [-0.15, -0.1) is 0 Å². The Morgan fingerprint density at radius 1 is 1.00 bits per heavy atom. The van der Waals surface area contributed by atoms with Crippen molar-refractivity contribution in [2.24, 2.45) is 0 Å². The largest absolute Gasteiger partial charge is 0.373 e. The van der Waals surface area contributed by atoms with Crippen molar-refractivity contribution in [3.8, 4) is 0 Å². The normalized spacial score (nSPS) is 19.4. The lowest BCUT2D eigenvalue weighted by Crippen LogP contribution is -2.36. The van der Waals surface area contributed by atoms with Crippen LogP contribution in [0.25, 0.3) is 0 Å². The minimum absolute atomic E-state index is 0.0837. The number of likely N-dealkylation sites (tertiary alicyclic amines) is 1. The molecule has 25 heavy (non-hydrogen) atoms. The van der Waals surface area contributed by atoms with E-state index < -0.39 is 6.04 Å². The van der Waals surface area contributed by atoms with Gasteiger partial charge in [0, 0.05) is 12.2 Å². The zero-order valence-corrected chi connectivity index (χ0v) is 14.2. The molecule has 1 aliphatic carbocycles. The number of anilines is 1. The molecule has 1 atom stereocenters. The lowest BCUT2D eigenvalue weighted by Gasteiger charge is -2.16. The summed E-state index contributed by atoms with van der Waals surface area (Å²) in [6.45, 7) is 0.448. The van der Waals surface area contributed by atoms with Gasteiger partial charge in [-0.1, -0.05) is 36.4 Å². The van der Waals surface area contributed by atoms with Crippen LogP contribution in [0.3, 0.4) is 0 Å². The summed E-state index contributed by atoms with van der Waals surface area (Å²) in [6, 6.07) is 15.8. The van der Waals surface area contributed by atoms with Crippen molar-refractivity contribution in [1.29, 1.82) is 0 Å². The lowest BCUT2D eigenvalue weighted by molar-refractivity contribution is -0.138. The van der Waals surface area contributed by atoms with Crippen LogP contribution in [0, 0.1) is 0 Å². The number of fused-ring (bicyclic) bond motifs is 1. The minimum atomic E-state index is -0.442. The highest BCUT2D eigenvalue weighted by atomic mass is 16.2. The first-order valence-corrected chi connectivity index (χ1v) is 8.97. The third kappa shape index (κ3) is 3.29. The number of carbonyl (C=O) groups is 2. The molecule has 128 valence electrons. The zero-order valence-electron chi connectivity index (χ0n) is 14.2. The third-order valence-electron chi connectivity index (χ3n) is 5.15. The average Bonchev–Trinajstić information content (AvgIpc) is 3.19. The number of imide groups is 1. The molecule has 2 aliphatic rings. The Kier molecular flexibility index (Phi) is 4.26. The van der Waals surface area contributed by atoms with Crippen LogP contribution < -0.4 is 5.32 Å². The summed E-state index contributed by atoms with van der Waals surface area (Å²) in [4.78, 5) is 26.3. The molecule has 1 N–H and O–H groups in total. The van der Waals surface area contributed by atoms with Crippen molar-refractivity contribution in [3.63, 3.8) is 0 Å². The number of benzene rings is 2. The molecule has 0 radical (unpaired) electrons. The Morgan fingerprint density at radius 2 is 1.80 bits per heavy atom. The van der Waals surface area contributed by atoms with Gasteiger partial charge in [0.2, 0.25) is 5.91 Å². The zero-order chi connectivity index (χ0) is 17.2. The van der Waals surface area contributed by atoms with Crippen LogP contribution in [-0.4, -0.2) is 29.3 Å². The number of nitrogens with one attached hydrogen (secondary N) is 1. The highest BCUT2D eigenvalue weighted by molar-refractivity contribution is 6.06. The number of nitrogens with zero attached hydrogens (tertiary/aromatic N) is 1. The van der Waals surface area contributed by atoms with E-state index in [2.05, 4.69) is 17.4 Å². The van der Waals surface area contributed by atoms with Crippen LogP contribution in [0.4, 0.5) is 5.69 Å². The van der Waals surface area contributed by atoms with Crippen molar-refractivity contribution < 1.29 is 9.59 Å². The van der Waals surface area contributed by atoms with Gasteiger partial charge in [-0.2, -0.15) is 0 Å². The third-order valence-corrected chi connectivity index (χ3v) is 5.15. The van der Waals surface area contributed by atoms with Crippen LogP contribution in [-0.2, 0) is 28.9 Å². The Hall–Kier alpha value is -2.62. The van der Waals surface area contributed by atoms with E-state index >= 15 is 0 Å². The van der Waals surface area contributed by atoms with Gasteiger partial charge in [-0.25, -0.2) is 0 Å². The SMILES string of the molecule is O=C1C[C@@H](Nc2ccc3c(c2)CCC3)C(=O)N1CCc1ccccc1. The first kappa shape index (κ1) is 15.9. The summed E-state index contributed by atoms with van der Waals surface area (Å²) in [7, 11) is 0. The maximum atomic E-state index is 12.6. The second-order valence-corrected chi connectivity index (χ2v) is 6.86. The van der Waals surface area contributed by atoms with Crippen molar-refractivity contribution in [2.45, 2.75) is 38.1 Å². The molecule has 1 saturated heterocycles. The molecule has 4 heteroatoms. The molecule has 2 amide bonds. The second kappa shape index (κ2) is 6.71. The lowest BCUT2D eigenvalue weighted by atomic mass is 10.1. The van der Waals surface area contributed by atoms with E-state index in [0.29, 0.717) is 13.0 Å². The van der Waals surface area contributed by atoms with E-state index in [-0.39, 0.29) is 18.2 Å². The predicted octanol–water partition coefficient (Wildman–Crippen LogP) is 2.96. The second-order valence-electron chi connectivity index (χ2n) is 6.86. The monoisotopic (exact) mass is 334 g/mol. The standard InChI is InChI=1S/C21H22N2O2/c24-20-14-19(22-18-10-9-16-7-4-8-17(16)13-18)21(25)23(20)12-11-15-5-2-1-3-6-15/h1-3,5-6,9-10,13,19,22H,4,7-8,11-12,14H2/t19-/m1/s1. The average molecular weight is 334 g/mol. The van der Waals surface area contributed by atoms with Gasteiger partial charge < -0.3 is 5.32 Å². The van der Waals surface area contributed by atoms with Gasteiger partial charge in [0.1, 0.15) is 6.04 Å². The van der Waals surface area contributed by atoms with E-state index in [4.69, 9.17) is 0 Å². The number of carbonyl (C=O) groups excluding carboxylic acids is 2. The van der Waals surface area contributed by atoms with Crippen molar-refractivity contribution in [2.75, 3.05) is 11.9 Å². The molecule has 0 spiro atoms. The summed E-state index contributed by atoms with van der Waals surface area (Å²) in [5, 5.41) is 3.27. The molecule has 4 rings (SSSR count). The summed E-state index contributed by atoms with van der Waals surface area (Å²) in [5.74, 6) is -0.193. The predicted molar refractivity (Wildman–Crippen MR) is 97.4 cm³/mol. The van der Waals surface area contributed by atoms with Crippen LogP contribution >= 0.6 is 0 Å². The van der Waals surface area contributed by atoms with Crippen LogP contribution in [0.2, 0.25) is 0 Å². The smallest absolute Gasteiger partial charge is 0.252 e. The fourth-order valence-corrected chi connectivity index (χ4v) is 3.78. The molecule has 2 aromatic rings. The van der Waals surface area contributed by atoms with Crippen LogP contribution in [0.1, 0.15) is 29.5 Å². The molecular formula is C21H22N2O2. The van der Waals surface area contributed by atoms with E-state index in [0.717, 1.165) is 24.1 Å². The van der Waals surface area contributed by atoms with Crippen LogP contribution in [0.5, 0.6) is 0 Å². The summed E-state index contributed by atoms with van der Waals surface area (Å²) >= 11 is 0. The molecule has 0 saturated carbocycles. The summed E-state index contributed by atoms with van der Waals surface area (Å²) < 4.78 is 0. The number of hydrogen-bond donors (Lipinski definition) is 1. The van der Waals surface area contributed by atoms with Gasteiger partial charge in [0.15, 0.2) is 0 Å². The van der Waals surface area contributed by atoms with Gasteiger partial charge >= 0.3 is 0 Å². The Bertz CT molecular complexity index is 801. The Morgan fingerprint density at radius 3 is 2.64 bits per heavy atom. The molecule has 1 aliphatic heterocycles. The fourth-order valence-electron chi connectivity index (χ4n) is 3.78. The number of amides is 2. The fraction of sp³-hybridized carbons (Fsp3) is 0.333. The van der Waals surface area contributed by atoms with Crippen molar-refractivity contribution >= 4 is 17.5 Å². The van der Waals surface area contributed by atoms with E-state index in [1.807, 2.05) is 36.4 Å². The van der Waals surface area contributed by atoms with Crippen molar-refractivity contribution in [3.05, 3.63) is 65.2 Å². The number of hydrogen-bond acceptors (Lipinski definition) is 3. The molecule has 0 aromatic heterocycles. The first-order chi connectivity index (χ1) is 12.2. The summed E-state index contributed by atoms with van der Waals surface area (Å²) in [6.07, 6.45) is 4.39. The first-order valence-electron chi connectivity index (χ1n) is 8.97. The Labute approximate surface area is 147 Å². The Balaban J connectivity index is 1.40. The maximum Gasteiger partial charge on any atom is 0.252 e. The van der Waals surface area contributed by atoms with Gasteiger partial charge in [0.05, 0.1) is 6.42 Å².